The van der Waals surface area contributed by atoms with Gasteiger partial charge in [-0.3, -0.25) is 4.90 Å². The summed E-state index contributed by atoms with van der Waals surface area (Å²) in [6, 6.07) is 0. The van der Waals surface area contributed by atoms with Gasteiger partial charge >= 0.3 is 0 Å². The Hall–Kier alpha value is -0.110. The second-order valence-electron chi connectivity index (χ2n) is 5.16. The van der Waals surface area contributed by atoms with Crippen molar-refractivity contribution >= 4 is 0 Å². The predicted octanol–water partition coefficient (Wildman–Crippen LogP) is 2.32. The quantitative estimate of drug-likeness (QED) is 0.652. The zero-order chi connectivity index (χ0) is 9.42. The zero-order valence-electron chi connectivity index (χ0n) is 8.67. The summed E-state index contributed by atoms with van der Waals surface area (Å²) in [5.74, 6) is 2.67. The van der Waals surface area contributed by atoms with Crippen LogP contribution in [0.15, 0.2) is 0 Å². The molecule has 0 spiro atoms. The van der Waals surface area contributed by atoms with Crippen LogP contribution < -0.4 is 0 Å². The van der Waals surface area contributed by atoms with Gasteiger partial charge in [0.15, 0.2) is 0 Å². The molecule has 1 nitrogen and oxygen atoms in total. The van der Waals surface area contributed by atoms with Crippen molar-refractivity contribution in [1.29, 1.82) is 0 Å². The van der Waals surface area contributed by atoms with Gasteiger partial charge in [0, 0.05) is 19.6 Å². The number of alkyl halides is 1. The lowest BCUT2D eigenvalue weighted by molar-refractivity contribution is 0.0181. The van der Waals surface area contributed by atoms with Crippen molar-refractivity contribution in [2.24, 2.45) is 17.8 Å². The Kier molecular flexibility index (Phi) is 2.59. The van der Waals surface area contributed by atoms with Crippen molar-refractivity contribution in [3.63, 3.8) is 0 Å². The predicted molar refractivity (Wildman–Crippen MR) is 52.4 cm³/mol. The van der Waals surface area contributed by atoms with E-state index in [9.17, 15) is 4.39 Å². The van der Waals surface area contributed by atoms with E-state index in [1.54, 1.807) is 0 Å². The first-order valence-electron chi connectivity index (χ1n) is 5.51. The molecule has 0 unspecified atom stereocenters. The second kappa shape index (κ2) is 3.56. The zero-order valence-corrected chi connectivity index (χ0v) is 8.67. The van der Waals surface area contributed by atoms with Gasteiger partial charge in [-0.1, -0.05) is 13.8 Å². The molecular weight excluding hydrogens is 165 g/mol. The van der Waals surface area contributed by atoms with Crippen LogP contribution in [-0.2, 0) is 0 Å². The van der Waals surface area contributed by atoms with Crippen LogP contribution in [-0.4, -0.2) is 30.7 Å². The van der Waals surface area contributed by atoms with Gasteiger partial charge in [-0.2, -0.15) is 0 Å². The first kappa shape index (κ1) is 9.45. The Morgan fingerprint density at radius 2 is 1.92 bits per heavy atom. The van der Waals surface area contributed by atoms with Crippen LogP contribution in [0, 0.1) is 17.8 Å². The largest absolute Gasteiger partial charge is 0.297 e. The smallest absolute Gasteiger partial charge is 0.125 e. The fraction of sp³-hybridized carbons (Fsp3) is 1.00. The van der Waals surface area contributed by atoms with E-state index in [2.05, 4.69) is 18.7 Å². The van der Waals surface area contributed by atoms with Gasteiger partial charge in [0.05, 0.1) is 0 Å². The number of likely N-dealkylation sites (tertiary alicyclic amines) is 1. The Labute approximate surface area is 80.3 Å². The summed E-state index contributed by atoms with van der Waals surface area (Å²) in [4.78, 5) is 2.26. The van der Waals surface area contributed by atoms with Crippen LogP contribution >= 0.6 is 0 Å². The molecule has 2 fully saturated rings. The van der Waals surface area contributed by atoms with E-state index in [1.807, 2.05) is 0 Å². The number of nitrogens with zero attached hydrogens (tertiary/aromatic N) is 1. The van der Waals surface area contributed by atoms with E-state index < -0.39 is 6.17 Å². The molecule has 1 aliphatic heterocycles. The van der Waals surface area contributed by atoms with Gasteiger partial charge in [0.2, 0.25) is 0 Å². The van der Waals surface area contributed by atoms with E-state index in [0.717, 1.165) is 24.3 Å². The summed E-state index contributed by atoms with van der Waals surface area (Å²) in [6.07, 6.45) is 2.23. The van der Waals surface area contributed by atoms with Crippen molar-refractivity contribution < 1.29 is 4.39 Å². The fourth-order valence-electron chi connectivity index (χ4n) is 2.50. The third kappa shape index (κ3) is 2.04. The van der Waals surface area contributed by atoms with Crippen LogP contribution in [0.3, 0.4) is 0 Å². The minimum atomic E-state index is -0.527. The molecule has 1 aliphatic carbocycles. The first-order chi connectivity index (χ1) is 6.15. The average Bonchev–Trinajstić information content (AvgIpc) is 1.90. The standard InChI is InChI=1S/C11H20FN/c1-8(2)10-3-9(4-10)5-13-6-11(12)7-13/h8-11H,3-7H2,1-2H3/t9-,10-. The van der Waals surface area contributed by atoms with Crippen molar-refractivity contribution in [3.05, 3.63) is 0 Å². The highest BCUT2D eigenvalue weighted by Gasteiger charge is 2.35. The molecule has 2 rings (SSSR count). The molecule has 1 heterocycles. The van der Waals surface area contributed by atoms with Crippen LogP contribution in [0.4, 0.5) is 4.39 Å². The lowest BCUT2D eigenvalue weighted by Crippen LogP contribution is -2.51. The highest BCUT2D eigenvalue weighted by Crippen LogP contribution is 2.39. The molecule has 76 valence electrons. The summed E-state index contributed by atoms with van der Waals surface area (Å²) in [5, 5.41) is 0. The summed E-state index contributed by atoms with van der Waals surface area (Å²) >= 11 is 0. The second-order valence-corrected chi connectivity index (χ2v) is 5.16. The number of hydrogen-bond donors (Lipinski definition) is 0. The molecule has 1 saturated heterocycles. The van der Waals surface area contributed by atoms with Crippen molar-refractivity contribution in [2.75, 3.05) is 19.6 Å². The van der Waals surface area contributed by atoms with Gasteiger partial charge in [0.1, 0.15) is 6.17 Å². The summed E-state index contributed by atoms with van der Waals surface area (Å²) in [6.45, 7) is 7.17. The Balaban J connectivity index is 1.59. The Bertz CT molecular complexity index is 169. The van der Waals surface area contributed by atoms with Gasteiger partial charge in [-0.05, 0) is 30.6 Å². The number of hydrogen-bond acceptors (Lipinski definition) is 1. The van der Waals surface area contributed by atoms with Crippen LogP contribution in [0.2, 0.25) is 0 Å². The third-order valence-corrected chi connectivity index (χ3v) is 3.64. The topological polar surface area (TPSA) is 3.24 Å². The minimum Gasteiger partial charge on any atom is -0.297 e. The SMILES string of the molecule is CC(C)[C@H]1C[C@H](CN2CC(F)C2)C1. The molecular formula is C11H20FN. The fourth-order valence-corrected chi connectivity index (χ4v) is 2.50. The number of rotatable bonds is 3. The summed E-state index contributed by atoms with van der Waals surface area (Å²) < 4.78 is 12.5. The maximum absolute atomic E-state index is 12.5. The molecule has 0 aromatic heterocycles. The Morgan fingerprint density at radius 1 is 1.31 bits per heavy atom. The van der Waals surface area contributed by atoms with Crippen LogP contribution in [0.1, 0.15) is 26.7 Å². The minimum absolute atomic E-state index is 0.527. The van der Waals surface area contributed by atoms with Crippen molar-refractivity contribution in [1.82, 2.24) is 4.90 Å². The molecule has 0 radical (unpaired) electrons. The average molecular weight is 185 g/mol. The summed E-state index contributed by atoms with van der Waals surface area (Å²) in [5.41, 5.74) is 0. The van der Waals surface area contributed by atoms with E-state index in [1.165, 1.54) is 12.8 Å². The van der Waals surface area contributed by atoms with E-state index in [4.69, 9.17) is 0 Å². The molecule has 0 N–H and O–H groups in total. The molecule has 2 heteroatoms. The van der Waals surface area contributed by atoms with Gasteiger partial charge in [-0.25, -0.2) is 4.39 Å². The maximum atomic E-state index is 12.5. The van der Waals surface area contributed by atoms with E-state index >= 15 is 0 Å². The van der Waals surface area contributed by atoms with Crippen molar-refractivity contribution in [3.8, 4) is 0 Å². The molecule has 1 saturated carbocycles. The van der Waals surface area contributed by atoms with Crippen LogP contribution in [0.5, 0.6) is 0 Å². The lowest BCUT2D eigenvalue weighted by Gasteiger charge is -2.44. The lowest BCUT2D eigenvalue weighted by atomic mass is 9.69. The molecule has 0 bridgehead atoms. The normalized spacial score (nSPS) is 36.0. The molecule has 13 heavy (non-hydrogen) atoms. The third-order valence-electron chi connectivity index (χ3n) is 3.64. The first-order valence-corrected chi connectivity index (χ1v) is 5.51. The van der Waals surface area contributed by atoms with Gasteiger partial charge in [-0.15, -0.1) is 0 Å². The molecule has 0 aromatic carbocycles. The monoisotopic (exact) mass is 185 g/mol. The van der Waals surface area contributed by atoms with Crippen molar-refractivity contribution in [2.45, 2.75) is 32.9 Å². The Morgan fingerprint density at radius 3 is 2.38 bits per heavy atom. The van der Waals surface area contributed by atoms with E-state index in [0.29, 0.717) is 13.1 Å². The van der Waals surface area contributed by atoms with E-state index in [-0.39, 0.29) is 0 Å². The highest BCUT2D eigenvalue weighted by atomic mass is 19.1. The molecule has 2 aliphatic rings. The van der Waals surface area contributed by atoms with Gasteiger partial charge in [0.25, 0.3) is 0 Å². The maximum Gasteiger partial charge on any atom is 0.125 e. The van der Waals surface area contributed by atoms with Crippen LogP contribution in [0.25, 0.3) is 0 Å². The highest BCUT2D eigenvalue weighted by molar-refractivity contribution is 4.87. The molecule has 0 amide bonds. The summed E-state index contributed by atoms with van der Waals surface area (Å²) in [7, 11) is 0. The number of halogens is 1. The van der Waals surface area contributed by atoms with Gasteiger partial charge < -0.3 is 0 Å². The molecule has 0 aromatic rings. The molecule has 0 atom stereocenters.